The smallest absolute Gasteiger partial charge is 0.343 e. The number of alkyl halides is 3. The molecule has 0 aliphatic heterocycles. The number of carbonyl (C=O) groups excluding carboxylic acids is 1. The minimum atomic E-state index is -4.72. The van der Waals surface area contributed by atoms with Gasteiger partial charge in [0.2, 0.25) is 5.82 Å². The summed E-state index contributed by atoms with van der Waals surface area (Å²) in [4.78, 5) is 20.7. The molecule has 8 nitrogen and oxygen atoms in total. The van der Waals surface area contributed by atoms with Crippen LogP contribution in [0, 0.1) is 0 Å². The molecule has 3 rings (SSSR count). The second kappa shape index (κ2) is 6.00. The highest BCUT2D eigenvalue weighted by molar-refractivity contribution is 5.92. The van der Waals surface area contributed by atoms with Gasteiger partial charge < -0.3 is 9.42 Å². The molecule has 0 aliphatic rings. The van der Waals surface area contributed by atoms with E-state index in [-0.39, 0.29) is 23.0 Å². The Balaban J connectivity index is 1.92. The second-order valence-corrected chi connectivity index (χ2v) is 5.22. The predicted octanol–water partition coefficient (Wildman–Crippen LogP) is 2.24. The number of halogens is 3. The maximum absolute atomic E-state index is 12.5. The molecule has 3 heterocycles. The Labute approximate surface area is 138 Å². The van der Waals surface area contributed by atoms with E-state index in [1.165, 1.54) is 29.3 Å². The minimum absolute atomic E-state index is 0.226. The SMILES string of the molecule is CN(C)C(=O)c1cc(-c2cc(-c3noc(C(F)(F)F)n3)ccn2)n[nH]1. The lowest BCUT2D eigenvalue weighted by molar-refractivity contribution is -0.159. The molecule has 0 unspecified atom stereocenters. The fourth-order valence-corrected chi connectivity index (χ4v) is 1.97. The lowest BCUT2D eigenvalue weighted by Crippen LogP contribution is -2.21. The first kappa shape index (κ1) is 16.6. The van der Waals surface area contributed by atoms with Crippen molar-refractivity contribution in [3.05, 3.63) is 36.0 Å². The summed E-state index contributed by atoms with van der Waals surface area (Å²) in [5, 5.41) is 9.90. The van der Waals surface area contributed by atoms with Crippen LogP contribution in [0.15, 0.2) is 28.9 Å². The summed E-state index contributed by atoms with van der Waals surface area (Å²) < 4.78 is 41.9. The second-order valence-electron chi connectivity index (χ2n) is 5.22. The van der Waals surface area contributed by atoms with Crippen LogP contribution in [0.3, 0.4) is 0 Å². The number of rotatable bonds is 3. The predicted molar refractivity (Wildman–Crippen MR) is 78.1 cm³/mol. The summed E-state index contributed by atoms with van der Waals surface area (Å²) in [6.45, 7) is 0. The van der Waals surface area contributed by atoms with Crippen molar-refractivity contribution in [1.82, 2.24) is 30.2 Å². The van der Waals surface area contributed by atoms with Gasteiger partial charge in [-0.1, -0.05) is 5.16 Å². The van der Waals surface area contributed by atoms with E-state index >= 15 is 0 Å². The molecular weight excluding hydrogens is 341 g/mol. The van der Waals surface area contributed by atoms with Gasteiger partial charge in [0.15, 0.2) is 0 Å². The van der Waals surface area contributed by atoms with E-state index < -0.39 is 12.1 Å². The average molecular weight is 352 g/mol. The summed E-state index contributed by atoms with van der Waals surface area (Å²) in [6.07, 6.45) is -3.35. The highest BCUT2D eigenvalue weighted by atomic mass is 19.4. The summed E-state index contributed by atoms with van der Waals surface area (Å²) >= 11 is 0. The molecule has 1 N–H and O–H groups in total. The van der Waals surface area contributed by atoms with Gasteiger partial charge in [-0.3, -0.25) is 14.9 Å². The van der Waals surface area contributed by atoms with Crippen LogP contribution < -0.4 is 0 Å². The number of pyridine rings is 1. The monoisotopic (exact) mass is 352 g/mol. The van der Waals surface area contributed by atoms with Crippen LogP contribution in [-0.4, -0.2) is 50.2 Å². The van der Waals surface area contributed by atoms with Gasteiger partial charge in [-0.05, 0) is 18.2 Å². The summed E-state index contributed by atoms with van der Waals surface area (Å²) in [6, 6.07) is 4.38. The fraction of sp³-hybridized carbons (Fsp3) is 0.214. The Morgan fingerprint density at radius 1 is 1.24 bits per heavy atom. The molecule has 0 saturated heterocycles. The van der Waals surface area contributed by atoms with Crippen LogP contribution in [-0.2, 0) is 6.18 Å². The van der Waals surface area contributed by atoms with Crippen molar-refractivity contribution in [3.63, 3.8) is 0 Å². The lowest BCUT2D eigenvalue weighted by atomic mass is 10.2. The summed E-state index contributed by atoms with van der Waals surface area (Å²) in [7, 11) is 3.19. The van der Waals surface area contributed by atoms with Crippen LogP contribution in [0.25, 0.3) is 22.8 Å². The average Bonchev–Trinajstić information content (AvgIpc) is 3.23. The van der Waals surface area contributed by atoms with Gasteiger partial charge in [-0.2, -0.15) is 23.3 Å². The molecular formula is C14H11F3N6O2. The Kier molecular flexibility index (Phi) is 3.99. The van der Waals surface area contributed by atoms with Crippen molar-refractivity contribution in [1.29, 1.82) is 0 Å². The number of nitrogens with one attached hydrogen (secondary N) is 1. The fourth-order valence-electron chi connectivity index (χ4n) is 1.97. The van der Waals surface area contributed by atoms with Crippen molar-refractivity contribution in [2.75, 3.05) is 14.1 Å². The molecule has 3 aromatic rings. The molecule has 0 saturated carbocycles. The maximum Gasteiger partial charge on any atom is 0.471 e. The van der Waals surface area contributed by atoms with Gasteiger partial charge in [-0.15, -0.1) is 0 Å². The number of hydrogen-bond donors (Lipinski definition) is 1. The molecule has 0 spiro atoms. The first-order valence-corrected chi connectivity index (χ1v) is 6.90. The van der Waals surface area contributed by atoms with Crippen LogP contribution in [0.4, 0.5) is 13.2 Å². The number of hydrogen-bond acceptors (Lipinski definition) is 6. The third-order valence-electron chi connectivity index (χ3n) is 3.16. The van der Waals surface area contributed by atoms with Gasteiger partial charge in [0.05, 0.1) is 5.69 Å². The summed E-state index contributed by atoms with van der Waals surface area (Å²) in [5.41, 5.74) is 1.22. The minimum Gasteiger partial charge on any atom is -0.343 e. The van der Waals surface area contributed by atoms with Gasteiger partial charge in [0.1, 0.15) is 11.4 Å². The maximum atomic E-state index is 12.5. The molecule has 0 bridgehead atoms. The molecule has 0 aromatic carbocycles. The highest BCUT2D eigenvalue weighted by Gasteiger charge is 2.38. The molecule has 11 heteroatoms. The molecule has 0 radical (unpaired) electrons. The van der Waals surface area contributed by atoms with Crippen molar-refractivity contribution in [2.24, 2.45) is 0 Å². The van der Waals surface area contributed by atoms with E-state index in [9.17, 15) is 18.0 Å². The number of amides is 1. The Morgan fingerprint density at radius 3 is 2.64 bits per heavy atom. The van der Waals surface area contributed by atoms with E-state index in [1.54, 1.807) is 14.1 Å². The standard InChI is InChI=1S/C14H11F3N6O2/c1-23(2)12(24)10-6-9(20-21-10)8-5-7(3-4-18-8)11-19-13(25-22-11)14(15,16)17/h3-6H,1-2H3,(H,20,21). The molecule has 3 aromatic heterocycles. The quantitative estimate of drug-likeness (QED) is 0.776. The largest absolute Gasteiger partial charge is 0.471 e. The molecule has 130 valence electrons. The van der Waals surface area contributed by atoms with Crippen molar-refractivity contribution in [3.8, 4) is 22.8 Å². The van der Waals surface area contributed by atoms with Crippen molar-refractivity contribution < 1.29 is 22.5 Å². The Morgan fingerprint density at radius 2 is 2.00 bits per heavy atom. The highest BCUT2D eigenvalue weighted by Crippen LogP contribution is 2.30. The van der Waals surface area contributed by atoms with E-state index in [0.717, 1.165) is 0 Å². The first-order valence-electron chi connectivity index (χ1n) is 6.90. The molecule has 0 fully saturated rings. The zero-order chi connectivity index (χ0) is 18.2. The number of aromatic nitrogens is 5. The number of carbonyl (C=O) groups is 1. The normalized spacial score (nSPS) is 11.6. The molecule has 0 aliphatic carbocycles. The Hall–Kier alpha value is -3.24. The number of nitrogens with zero attached hydrogens (tertiary/aromatic N) is 5. The molecule has 0 atom stereocenters. The van der Waals surface area contributed by atoms with Crippen LogP contribution in [0.5, 0.6) is 0 Å². The van der Waals surface area contributed by atoms with Crippen LogP contribution in [0.2, 0.25) is 0 Å². The van der Waals surface area contributed by atoms with E-state index in [0.29, 0.717) is 11.4 Å². The molecule has 1 amide bonds. The van der Waals surface area contributed by atoms with Crippen molar-refractivity contribution in [2.45, 2.75) is 6.18 Å². The van der Waals surface area contributed by atoms with E-state index in [2.05, 4.69) is 29.8 Å². The topological polar surface area (TPSA) is 101 Å². The first-order chi connectivity index (χ1) is 11.8. The van der Waals surface area contributed by atoms with Gasteiger partial charge >= 0.3 is 12.1 Å². The van der Waals surface area contributed by atoms with Crippen LogP contribution >= 0.6 is 0 Å². The van der Waals surface area contributed by atoms with E-state index in [1.807, 2.05) is 0 Å². The van der Waals surface area contributed by atoms with Crippen molar-refractivity contribution >= 4 is 5.91 Å². The summed E-state index contributed by atoms with van der Waals surface area (Å²) in [5.74, 6) is -1.93. The lowest BCUT2D eigenvalue weighted by Gasteiger charge is -2.06. The Bertz CT molecular complexity index is 915. The number of aromatic amines is 1. The third kappa shape index (κ3) is 3.34. The van der Waals surface area contributed by atoms with Gasteiger partial charge in [0.25, 0.3) is 5.91 Å². The van der Waals surface area contributed by atoms with Crippen LogP contribution in [0.1, 0.15) is 16.4 Å². The van der Waals surface area contributed by atoms with Gasteiger partial charge in [-0.25, -0.2) is 0 Å². The molecule has 25 heavy (non-hydrogen) atoms. The number of H-pyrrole nitrogens is 1. The third-order valence-corrected chi connectivity index (χ3v) is 3.16. The zero-order valence-corrected chi connectivity index (χ0v) is 13.0. The zero-order valence-electron chi connectivity index (χ0n) is 13.0. The van der Waals surface area contributed by atoms with Gasteiger partial charge in [0, 0.05) is 25.9 Å². The van der Waals surface area contributed by atoms with E-state index in [4.69, 9.17) is 0 Å².